The highest BCUT2D eigenvalue weighted by molar-refractivity contribution is 7.17. The number of hydrogen-bond acceptors (Lipinski definition) is 5. The van der Waals surface area contributed by atoms with Crippen LogP contribution in [0.15, 0.2) is 40.5 Å². The van der Waals surface area contributed by atoms with E-state index in [1.165, 1.54) is 11.3 Å². The monoisotopic (exact) mass is 344 g/mol. The van der Waals surface area contributed by atoms with Gasteiger partial charge in [-0.3, -0.25) is 9.36 Å². The van der Waals surface area contributed by atoms with E-state index in [0.29, 0.717) is 31.6 Å². The summed E-state index contributed by atoms with van der Waals surface area (Å²) in [6, 6.07) is 9.94. The van der Waals surface area contributed by atoms with Crippen molar-refractivity contribution in [3.05, 3.63) is 51.9 Å². The van der Waals surface area contributed by atoms with E-state index in [1.54, 1.807) is 18.8 Å². The molecule has 5 nitrogen and oxygen atoms in total. The van der Waals surface area contributed by atoms with E-state index in [9.17, 15) is 4.79 Å². The summed E-state index contributed by atoms with van der Waals surface area (Å²) in [4.78, 5) is 18.6. The molecule has 2 aromatic heterocycles. The van der Waals surface area contributed by atoms with Crippen LogP contribution in [0.3, 0.4) is 0 Å². The maximum absolute atomic E-state index is 13.1. The Hall–Kier alpha value is -2.02. The molecule has 0 aliphatic carbocycles. The number of benzene rings is 1. The topological polar surface area (TPSA) is 53.3 Å². The predicted molar refractivity (Wildman–Crippen MR) is 96.8 cm³/mol. The molecular weight excluding hydrogens is 324 g/mol. The van der Waals surface area contributed by atoms with Gasteiger partial charge in [0, 0.05) is 31.6 Å². The summed E-state index contributed by atoms with van der Waals surface area (Å²) in [5.41, 5.74) is 1.96. The minimum absolute atomic E-state index is 0.0109. The van der Waals surface area contributed by atoms with Crippen LogP contribution in [0.2, 0.25) is 0 Å². The van der Waals surface area contributed by atoms with Crippen LogP contribution in [-0.4, -0.2) is 37.0 Å². The van der Waals surface area contributed by atoms with Crippen LogP contribution in [0.4, 0.5) is 0 Å². The highest BCUT2D eigenvalue weighted by Crippen LogP contribution is 2.30. The molecule has 0 bridgehead atoms. The van der Waals surface area contributed by atoms with Gasteiger partial charge in [0.1, 0.15) is 10.7 Å². The number of rotatable bonds is 7. The first-order valence-electron chi connectivity index (χ1n) is 7.80. The maximum atomic E-state index is 13.1. The zero-order valence-corrected chi connectivity index (χ0v) is 14.6. The Morgan fingerprint density at radius 2 is 1.88 bits per heavy atom. The quantitative estimate of drug-likeness (QED) is 0.661. The lowest BCUT2D eigenvalue weighted by Gasteiger charge is -2.12. The Balaban J connectivity index is 2.17. The molecule has 0 saturated heterocycles. The zero-order valence-electron chi connectivity index (χ0n) is 13.8. The first-order valence-corrected chi connectivity index (χ1v) is 8.68. The smallest absolute Gasteiger partial charge is 0.262 e. The van der Waals surface area contributed by atoms with E-state index in [0.717, 1.165) is 21.8 Å². The first kappa shape index (κ1) is 16.8. The Morgan fingerprint density at radius 1 is 1.12 bits per heavy atom. The molecule has 1 aromatic carbocycles. The lowest BCUT2D eigenvalue weighted by molar-refractivity contribution is 0.180. The molecular formula is C18H20N2O3S. The van der Waals surface area contributed by atoms with Crippen molar-refractivity contribution < 1.29 is 9.47 Å². The SMILES string of the molecule is COCCc1nc2scc(-c3ccccc3)c2c(=O)n1CCOC. The number of thiophene rings is 1. The fourth-order valence-corrected chi connectivity index (χ4v) is 3.65. The molecule has 0 aliphatic heterocycles. The standard InChI is InChI=1S/C18H20N2O3S/c1-22-10-8-15-19-17-16(18(21)20(15)9-11-23-2)14(12-24-17)13-6-4-3-5-7-13/h3-7,12H,8-11H2,1-2H3. The number of hydrogen-bond donors (Lipinski definition) is 0. The Labute approximate surface area is 144 Å². The fourth-order valence-electron chi connectivity index (χ4n) is 2.69. The van der Waals surface area contributed by atoms with E-state index >= 15 is 0 Å². The average Bonchev–Trinajstić information content (AvgIpc) is 3.04. The zero-order chi connectivity index (χ0) is 16.9. The summed E-state index contributed by atoms with van der Waals surface area (Å²) in [5, 5.41) is 2.69. The van der Waals surface area contributed by atoms with Crippen molar-refractivity contribution in [2.45, 2.75) is 13.0 Å². The summed E-state index contributed by atoms with van der Waals surface area (Å²) < 4.78 is 12.0. The van der Waals surface area contributed by atoms with Gasteiger partial charge in [-0.2, -0.15) is 0 Å². The Kier molecular flexibility index (Phi) is 5.40. The Morgan fingerprint density at radius 3 is 2.58 bits per heavy atom. The third kappa shape index (κ3) is 3.26. The summed E-state index contributed by atoms with van der Waals surface area (Å²) in [7, 11) is 3.28. The fraction of sp³-hybridized carbons (Fsp3) is 0.333. The third-order valence-corrected chi connectivity index (χ3v) is 4.78. The molecule has 3 aromatic rings. The van der Waals surface area contributed by atoms with Crippen molar-refractivity contribution in [2.75, 3.05) is 27.4 Å². The second kappa shape index (κ2) is 7.70. The molecule has 0 unspecified atom stereocenters. The van der Waals surface area contributed by atoms with Crippen LogP contribution in [0, 0.1) is 0 Å². The van der Waals surface area contributed by atoms with Gasteiger partial charge in [0.15, 0.2) is 0 Å². The number of aromatic nitrogens is 2. The normalized spacial score (nSPS) is 11.2. The van der Waals surface area contributed by atoms with Crippen molar-refractivity contribution >= 4 is 21.6 Å². The molecule has 0 N–H and O–H groups in total. The molecule has 3 rings (SSSR count). The van der Waals surface area contributed by atoms with E-state index < -0.39 is 0 Å². The van der Waals surface area contributed by atoms with Crippen molar-refractivity contribution in [3.63, 3.8) is 0 Å². The minimum atomic E-state index is -0.0109. The van der Waals surface area contributed by atoms with Crippen LogP contribution in [0.1, 0.15) is 5.82 Å². The molecule has 0 atom stereocenters. The van der Waals surface area contributed by atoms with Crippen molar-refractivity contribution in [1.82, 2.24) is 9.55 Å². The van der Waals surface area contributed by atoms with Crippen molar-refractivity contribution in [3.8, 4) is 11.1 Å². The highest BCUT2D eigenvalue weighted by atomic mass is 32.1. The molecule has 0 amide bonds. The molecule has 0 saturated carbocycles. The predicted octanol–water partition coefficient (Wildman–Crippen LogP) is 2.96. The average molecular weight is 344 g/mol. The van der Waals surface area contributed by atoms with Crippen LogP contribution >= 0.6 is 11.3 Å². The minimum Gasteiger partial charge on any atom is -0.384 e. The summed E-state index contributed by atoms with van der Waals surface area (Å²) in [5.74, 6) is 0.743. The molecule has 24 heavy (non-hydrogen) atoms. The van der Waals surface area contributed by atoms with Gasteiger partial charge in [0.2, 0.25) is 0 Å². The van der Waals surface area contributed by atoms with E-state index in [-0.39, 0.29) is 5.56 Å². The van der Waals surface area contributed by atoms with Gasteiger partial charge in [-0.05, 0) is 5.56 Å². The largest absolute Gasteiger partial charge is 0.384 e. The van der Waals surface area contributed by atoms with Gasteiger partial charge < -0.3 is 9.47 Å². The van der Waals surface area contributed by atoms with Gasteiger partial charge in [0.25, 0.3) is 5.56 Å². The summed E-state index contributed by atoms with van der Waals surface area (Å²) >= 11 is 1.51. The third-order valence-electron chi connectivity index (χ3n) is 3.91. The lowest BCUT2D eigenvalue weighted by Crippen LogP contribution is -2.27. The van der Waals surface area contributed by atoms with Crippen molar-refractivity contribution in [1.29, 1.82) is 0 Å². The van der Waals surface area contributed by atoms with Gasteiger partial charge in [-0.1, -0.05) is 30.3 Å². The number of ether oxygens (including phenoxy) is 2. The summed E-state index contributed by atoms with van der Waals surface area (Å²) in [6.45, 7) is 1.49. The van der Waals surface area contributed by atoms with E-state index in [1.807, 2.05) is 35.7 Å². The van der Waals surface area contributed by atoms with Crippen LogP contribution in [-0.2, 0) is 22.4 Å². The van der Waals surface area contributed by atoms with Crippen molar-refractivity contribution in [2.24, 2.45) is 0 Å². The van der Waals surface area contributed by atoms with Crippen LogP contribution in [0.5, 0.6) is 0 Å². The van der Waals surface area contributed by atoms with Crippen LogP contribution < -0.4 is 5.56 Å². The molecule has 0 radical (unpaired) electrons. The molecule has 2 heterocycles. The second-order valence-corrected chi connectivity index (χ2v) is 6.27. The first-order chi connectivity index (χ1) is 11.8. The Bertz CT molecular complexity index is 871. The van der Waals surface area contributed by atoms with Gasteiger partial charge in [-0.15, -0.1) is 11.3 Å². The maximum Gasteiger partial charge on any atom is 0.262 e. The molecule has 126 valence electrons. The molecule has 0 fully saturated rings. The number of nitrogens with zero attached hydrogens (tertiary/aromatic N) is 2. The number of methoxy groups -OCH3 is 2. The lowest BCUT2D eigenvalue weighted by atomic mass is 10.1. The second-order valence-electron chi connectivity index (χ2n) is 5.42. The van der Waals surface area contributed by atoms with Crippen LogP contribution in [0.25, 0.3) is 21.3 Å². The molecule has 0 aliphatic rings. The van der Waals surface area contributed by atoms with E-state index in [2.05, 4.69) is 0 Å². The molecule has 6 heteroatoms. The summed E-state index contributed by atoms with van der Waals surface area (Å²) in [6.07, 6.45) is 0.601. The van der Waals surface area contributed by atoms with Gasteiger partial charge >= 0.3 is 0 Å². The van der Waals surface area contributed by atoms with E-state index in [4.69, 9.17) is 14.5 Å². The number of fused-ring (bicyclic) bond motifs is 1. The molecule has 0 spiro atoms. The van der Waals surface area contributed by atoms with Gasteiger partial charge in [0.05, 0.1) is 25.1 Å². The highest BCUT2D eigenvalue weighted by Gasteiger charge is 2.16. The van der Waals surface area contributed by atoms with Gasteiger partial charge in [-0.25, -0.2) is 4.98 Å².